The van der Waals surface area contributed by atoms with E-state index in [2.05, 4.69) is 5.32 Å². The Balaban J connectivity index is 2.63. The molecular weight excluding hydrogens is 259 g/mol. The summed E-state index contributed by atoms with van der Waals surface area (Å²) in [6.45, 7) is 4.63. The van der Waals surface area contributed by atoms with Gasteiger partial charge in [0.15, 0.2) is 0 Å². The van der Waals surface area contributed by atoms with Gasteiger partial charge >= 0.3 is 5.97 Å². The van der Waals surface area contributed by atoms with Crippen molar-refractivity contribution >= 4 is 11.7 Å². The first-order valence-electron chi connectivity index (χ1n) is 6.75. The smallest absolute Gasteiger partial charge is 0.326 e. The molecule has 0 heterocycles. The van der Waals surface area contributed by atoms with E-state index in [4.69, 9.17) is 4.74 Å². The zero-order chi connectivity index (χ0) is 15.2. The van der Waals surface area contributed by atoms with Crippen LogP contribution in [-0.4, -0.2) is 38.8 Å². The molecule has 1 rings (SSSR count). The molecule has 0 aliphatic carbocycles. The van der Waals surface area contributed by atoms with E-state index < -0.39 is 5.54 Å². The number of likely N-dealkylation sites (N-methyl/N-ethyl adjacent to an activating group) is 1. The van der Waals surface area contributed by atoms with Crippen LogP contribution in [0.3, 0.4) is 0 Å². The number of hydrogen-bond acceptors (Lipinski definition) is 4. The predicted molar refractivity (Wildman–Crippen MR) is 78.4 cm³/mol. The van der Waals surface area contributed by atoms with Crippen molar-refractivity contribution in [3.05, 3.63) is 30.1 Å². The van der Waals surface area contributed by atoms with E-state index >= 15 is 0 Å². The molecule has 0 spiro atoms. The summed E-state index contributed by atoms with van der Waals surface area (Å²) in [4.78, 5) is 13.9. The lowest BCUT2D eigenvalue weighted by Crippen LogP contribution is -2.50. The number of rotatable bonds is 7. The first-order chi connectivity index (χ1) is 9.42. The van der Waals surface area contributed by atoms with E-state index in [-0.39, 0.29) is 11.8 Å². The van der Waals surface area contributed by atoms with Crippen LogP contribution in [0, 0.1) is 5.82 Å². The van der Waals surface area contributed by atoms with E-state index in [1.807, 2.05) is 18.9 Å². The van der Waals surface area contributed by atoms with Crippen LogP contribution in [0.25, 0.3) is 0 Å². The molecule has 0 fully saturated rings. The molecule has 20 heavy (non-hydrogen) atoms. The van der Waals surface area contributed by atoms with E-state index in [1.54, 1.807) is 26.1 Å². The zero-order valence-corrected chi connectivity index (χ0v) is 12.6. The second-order valence-electron chi connectivity index (χ2n) is 4.95. The molecule has 1 N–H and O–H groups in total. The van der Waals surface area contributed by atoms with Crippen LogP contribution in [0.2, 0.25) is 0 Å². The Bertz CT molecular complexity index is 436. The van der Waals surface area contributed by atoms with Crippen molar-refractivity contribution in [3.8, 4) is 0 Å². The van der Waals surface area contributed by atoms with Crippen LogP contribution in [0.4, 0.5) is 10.1 Å². The minimum Gasteiger partial charge on any atom is -0.465 e. The average Bonchev–Trinajstić information content (AvgIpc) is 2.45. The third kappa shape index (κ3) is 4.20. The molecule has 0 bridgehead atoms. The van der Waals surface area contributed by atoms with Crippen LogP contribution >= 0.6 is 0 Å². The monoisotopic (exact) mass is 282 g/mol. The molecule has 0 radical (unpaired) electrons. The van der Waals surface area contributed by atoms with Gasteiger partial charge in [-0.3, -0.25) is 4.79 Å². The fourth-order valence-electron chi connectivity index (χ4n) is 1.84. The summed E-state index contributed by atoms with van der Waals surface area (Å²) in [5, 5.41) is 3.02. The fourth-order valence-corrected chi connectivity index (χ4v) is 1.84. The summed E-state index contributed by atoms with van der Waals surface area (Å²) in [6.07, 6.45) is 0.593. The van der Waals surface area contributed by atoms with Crippen molar-refractivity contribution in [1.29, 1.82) is 0 Å². The molecular formula is C15H23FN2O2. The van der Waals surface area contributed by atoms with E-state index in [9.17, 15) is 9.18 Å². The second kappa shape index (κ2) is 7.24. The van der Waals surface area contributed by atoms with Crippen LogP contribution in [0.1, 0.15) is 20.3 Å². The fraction of sp³-hybridized carbons (Fsp3) is 0.533. The van der Waals surface area contributed by atoms with E-state index in [0.717, 1.165) is 5.69 Å². The molecule has 1 atom stereocenters. The van der Waals surface area contributed by atoms with E-state index in [1.165, 1.54) is 12.1 Å². The maximum absolute atomic E-state index is 12.9. The van der Waals surface area contributed by atoms with Crippen LogP contribution < -0.4 is 10.2 Å². The molecule has 1 aromatic rings. The number of anilines is 1. The molecule has 0 saturated carbocycles. The Morgan fingerprint density at radius 1 is 1.40 bits per heavy atom. The van der Waals surface area contributed by atoms with Gasteiger partial charge in [-0.25, -0.2) is 4.39 Å². The Labute approximate surface area is 119 Å². The molecule has 0 aromatic heterocycles. The standard InChI is InChI=1S/C15H23FN2O2/c1-5-20-14(19)15(2,17-3)10-11-18(4)13-8-6-12(16)7-9-13/h6-9,17H,5,10-11H2,1-4H3. The largest absolute Gasteiger partial charge is 0.465 e. The highest BCUT2D eigenvalue weighted by atomic mass is 19.1. The first-order valence-corrected chi connectivity index (χ1v) is 6.75. The van der Waals surface area contributed by atoms with Gasteiger partial charge in [-0.15, -0.1) is 0 Å². The van der Waals surface area contributed by atoms with Crippen molar-refractivity contribution in [2.75, 3.05) is 32.1 Å². The number of halogens is 1. The highest BCUT2D eigenvalue weighted by molar-refractivity contribution is 5.80. The third-order valence-electron chi connectivity index (χ3n) is 3.49. The summed E-state index contributed by atoms with van der Waals surface area (Å²) in [5.41, 5.74) is 0.193. The molecule has 0 amide bonds. The predicted octanol–water partition coefficient (Wildman–Crippen LogP) is 2.19. The lowest BCUT2D eigenvalue weighted by molar-refractivity contribution is -0.150. The lowest BCUT2D eigenvalue weighted by Gasteiger charge is -2.29. The second-order valence-corrected chi connectivity index (χ2v) is 4.95. The molecule has 112 valence electrons. The highest BCUT2D eigenvalue weighted by Crippen LogP contribution is 2.17. The maximum atomic E-state index is 12.9. The molecule has 0 saturated heterocycles. The Morgan fingerprint density at radius 2 is 2.00 bits per heavy atom. The minimum absolute atomic E-state index is 0.255. The number of nitrogens with zero attached hydrogens (tertiary/aromatic N) is 1. The maximum Gasteiger partial charge on any atom is 0.326 e. The highest BCUT2D eigenvalue weighted by Gasteiger charge is 2.32. The molecule has 5 heteroatoms. The Hall–Kier alpha value is -1.62. The molecule has 1 unspecified atom stereocenters. The number of carbonyl (C=O) groups is 1. The normalized spacial score (nSPS) is 13.7. The summed E-state index contributed by atoms with van der Waals surface area (Å²) < 4.78 is 18.0. The van der Waals surface area contributed by atoms with Gasteiger partial charge in [0.1, 0.15) is 11.4 Å². The summed E-state index contributed by atoms with van der Waals surface area (Å²) in [7, 11) is 3.66. The van der Waals surface area contributed by atoms with Gasteiger partial charge in [-0.05, 0) is 51.6 Å². The summed E-state index contributed by atoms with van der Waals surface area (Å²) >= 11 is 0. The van der Waals surface area contributed by atoms with Crippen LogP contribution in [-0.2, 0) is 9.53 Å². The number of carbonyl (C=O) groups excluding carboxylic acids is 1. The van der Waals surface area contributed by atoms with Crippen LogP contribution in [0.15, 0.2) is 24.3 Å². The topological polar surface area (TPSA) is 41.6 Å². The SMILES string of the molecule is CCOC(=O)C(C)(CCN(C)c1ccc(F)cc1)NC. The van der Waals surface area contributed by atoms with Gasteiger partial charge < -0.3 is 15.0 Å². The quantitative estimate of drug-likeness (QED) is 0.778. The molecule has 4 nitrogen and oxygen atoms in total. The van der Waals surface area contributed by atoms with Gasteiger partial charge in [0, 0.05) is 19.3 Å². The van der Waals surface area contributed by atoms with Gasteiger partial charge in [0.25, 0.3) is 0 Å². The van der Waals surface area contributed by atoms with Gasteiger partial charge in [-0.2, -0.15) is 0 Å². The van der Waals surface area contributed by atoms with Gasteiger partial charge in [0.05, 0.1) is 6.61 Å². The van der Waals surface area contributed by atoms with Crippen molar-refractivity contribution in [3.63, 3.8) is 0 Å². The number of esters is 1. The molecule has 0 aliphatic heterocycles. The number of ether oxygens (including phenoxy) is 1. The molecule has 0 aliphatic rings. The summed E-state index contributed by atoms with van der Waals surface area (Å²) in [5.74, 6) is -0.510. The van der Waals surface area contributed by atoms with Crippen molar-refractivity contribution in [2.45, 2.75) is 25.8 Å². The van der Waals surface area contributed by atoms with Crippen molar-refractivity contribution in [2.24, 2.45) is 0 Å². The Kier molecular flexibility index (Phi) is 5.95. The van der Waals surface area contributed by atoms with E-state index in [0.29, 0.717) is 19.6 Å². The summed E-state index contributed by atoms with van der Waals surface area (Å²) in [6, 6.07) is 6.29. The minimum atomic E-state index is -0.718. The van der Waals surface area contributed by atoms with Gasteiger partial charge in [0.2, 0.25) is 0 Å². The number of benzene rings is 1. The van der Waals surface area contributed by atoms with Crippen molar-refractivity contribution < 1.29 is 13.9 Å². The molecule has 1 aromatic carbocycles. The Morgan fingerprint density at radius 3 is 2.50 bits per heavy atom. The third-order valence-corrected chi connectivity index (χ3v) is 3.49. The average molecular weight is 282 g/mol. The lowest BCUT2D eigenvalue weighted by atomic mass is 9.98. The van der Waals surface area contributed by atoms with Crippen LogP contribution in [0.5, 0.6) is 0 Å². The first kappa shape index (κ1) is 16.4. The van der Waals surface area contributed by atoms with Gasteiger partial charge in [-0.1, -0.05) is 0 Å². The van der Waals surface area contributed by atoms with Crippen molar-refractivity contribution in [1.82, 2.24) is 5.32 Å². The number of nitrogens with one attached hydrogen (secondary N) is 1. The zero-order valence-electron chi connectivity index (χ0n) is 12.6. The number of hydrogen-bond donors (Lipinski definition) is 1.